The van der Waals surface area contributed by atoms with Crippen molar-refractivity contribution in [3.05, 3.63) is 51.3 Å². The zero-order chi connectivity index (χ0) is 19.6. The summed E-state index contributed by atoms with van der Waals surface area (Å²) in [6, 6.07) is 6.13. The van der Waals surface area contributed by atoms with Crippen LogP contribution in [0.1, 0.15) is 34.7 Å². The van der Waals surface area contributed by atoms with Crippen molar-refractivity contribution in [1.82, 2.24) is 9.78 Å². The number of nitrogens with zero attached hydrogens (tertiary/aromatic N) is 2. The van der Waals surface area contributed by atoms with Crippen molar-refractivity contribution in [1.29, 1.82) is 0 Å². The summed E-state index contributed by atoms with van der Waals surface area (Å²) in [6.45, 7) is 3.84. The smallest absolute Gasteiger partial charge is 0.359 e. The van der Waals surface area contributed by atoms with Crippen LogP contribution in [0.15, 0.2) is 34.4 Å². The Balaban J connectivity index is 2.15. The van der Waals surface area contributed by atoms with Crippen LogP contribution in [-0.2, 0) is 9.47 Å². The number of anilines is 1. The Morgan fingerprint density at radius 2 is 1.74 bits per heavy atom. The summed E-state index contributed by atoms with van der Waals surface area (Å²) in [6.07, 6.45) is 0. The maximum atomic E-state index is 12.8. The van der Waals surface area contributed by atoms with Crippen LogP contribution in [0.25, 0.3) is 16.5 Å². The molecule has 0 aliphatic carbocycles. The molecule has 0 radical (unpaired) electrons. The maximum absolute atomic E-state index is 12.8. The van der Waals surface area contributed by atoms with Gasteiger partial charge in [-0.3, -0.25) is 4.79 Å². The number of nitrogen functional groups attached to an aromatic ring is 1. The fraction of sp³-hybridized carbons (Fsp3) is 0.222. The largest absolute Gasteiger partial charge is 0.462 e. The number of benzene rings is 1. The number of hydrogen-bond acceptors (Lipinski definition) is 8. The molecule has 0 unspecified atom stereocenters. The van der Waals surface area contributed by atoms with E-state index in [4.69, 9.17) is 15.2 Å². The molecule has 0 saturated heterocycles. The molecule has 3 rings (SSSR count). The van der Waals surface area contributed by atoms with Crippen molar-refractivity contribution >= 4 is 39.0 Å². The standard InChI is InChI=1S/C18H17N3O5S/c1-3-25-17(23)10-5-7-11(8-6-10)21-16(22)13-12(9-27-15(13)19)14(20-21)18(24)26-4-2/h5-9H,3-4,19H2,1-2H3. The van der Waals surface area contributed by atoms with Crippen LogP contribution in [0.2, 0.25) is 0 Å². The minimum atomic E-state index is -0.641. The van der Waals surface area contributed by atoms with Gasteiger partial charge in [0.1, 0.15) is 0 Å². The SMILES string of the molecule is CCOC(=O)c1ccc(-n2nc(C(=O)OCC)c3csc(N)c3c2=O)cc1. The molecule has 0 spiro atoms. The van der Waals surface area contributed by atoms with E-state index in [1.807, 2.05) is 0 Å². The van der Waals surface area contributed by atoms with Crippen LogP contribution in [0, 0.1) is 0 Å². The van der Waals surface area contributed by atoms with E-state index in [1.54, 1.807) is 31.4 Å². The Hall–Kier alpha value is -3.20. The first-order valence-corrected chi connectivity index (χ1v) is 9.10. The second-order valence-corrected chi connectivity index (χ2v) is 6.35. The predicted molar refractivity (Wildman–Crippen MR) is 102 cm³/mol. The van der Waals surface area contributed by atoms with Gasteiger partial charge in [0.2, 0.25) is 0 Å². The Morgan fingerprint density at radius 3 is 2.37 bits per heavy atom. The minimum absolute atomic E-state index is 0.00821. The minimum Gasteiger partial charge on any atom is -0.462 e. The van der Waals surface area contributed by atoms with Crippen LogP contribution in [0.4, 0.5) is 5.00 Å². The molecule has 2 heterocycles. The number of aromatic nitrogens is 2. The number of thiophene rings is 1. The number of rotatable bonds is 5. The summed E-state index contributed by atoms with van der Waals surface area (Å²) in [4.78, 5) is 36.9. The van der Waals surface area contributed by atoms with E-state index in [2.05, 4.69) is 5.10 Å². The van der Waals surface area contributed by atoms with Crippen LogP contribution in [-0.4, -0.2) is 34.9 Å². The van der Waals surface area contributed by atoms with Crippen molar-refractivity contribution < 1.29 is 19.1 Å². The third-order valence-corrected chi connectivity index (χ3v) is 4.58. The summed E-state index contributed by atoms with van der Waals surface area (Å²) >= 11 is 1.15. The zero-order valence-electron chi connectivity index (χ0n) is 14.7. The molecule has 9 heteroatoms. The monoisotopic (exact) mass is 387 g/mol. The lowest BCUT2D eigenvalue weighted by molar-refractivity contribution is 0.0513. The van der Waals surface area contributed by atoms with Gasteiger partial charge in [-0.25, -0.2) is 9.59 Å². The quantitative estimate of drug-likeness (QED) is 0.669. The molecule has 2 aromatic heterocycles. The van der Waals surface area contributed by atoms with Crippen LogP contribution in [0.5, 0.6) is 0 Å². The Kier molecular flexibility index (Phi) is 5.22. The molecule has 27 heavy (non-hydrogen) atoms. The Bertz CT molecular complexity index is 1070. The van der Waals surface area contributed by atoms with Crippen molar-refractivity contribution in [2.75, 3.05) is 18.9 Å². The highest BCUT2D eigenvalue weighted by molar-refractivity contribution is 7.15. The number of ether oxygens (including phenoxy) is 2. The van der Waals surface area contributed by atoms with Gasteiger partial charge in [-0.05, 0) is 38.1 Å². The molecule has 0 atom stereocenters. The summed E-state index contributed by atoms with van der Waals surface area (Å²) in [5.41, 5.74) is 6.20. The fourth-order valence-corrected chi connectivity index (χ4v) is 3.34. The summed E-state index contributed by atoms with van der Waals surface area (Å²) < 4.78 is 11.1. The van der Waals surface area contributed by atoms with E-state index in [9.17, 15) is 14.4 Å². The van der Waals surface area contributed by atoms with Gasteiger partial charge < -0.3 is 15.2 Å². The molecule has 0 amide bonds. The Morgan fingerprint density at radius 1 is 1.11 bits per heavy atom. The van der Waals surface area contributed by atoms with Gasteiger partial charge in [-0.2, -0.15) is 9.78 Å². The van der Waals surface area contributed by atoms with Gasteiger partial charge in [0.05, 0.1) is 34.9 Å². The molecular formula is C18H17N3O5S. The van der Waals surface area contributed by atoms with Crippen LogP contribution in [0.3, 0.4) is 0 Å². The Labute approximate surface area is 158 Å². The highest BCUT2D eigenvalue weighted by Gasteiger charge is 2.21. The molecule has 3 aromatic rings. The van der Waals surface area contributed by atoms with E-state index >= 15 is 0 Å². The average Bonchev–Trinajstić information content (AvgIpc) is 3.05. The normalized spacial score (nSPS) is 10.7. The average molecular weight is 387 g/mol. The molecule has 2 N–H and O–H groups in total. The second-order valence-electron chi connectivity index (χ2n) is 5.44. The highest BCUT2D eigenvalue weighted by Crippen LogP contribution is 2.27. The van der Waals surface area contributed by atoms with E-state index in [0.29, 0.717) is 21.6 Å². The van der Waals surface area contributed by atoms with E-state index < -0.39 is 17.5 Å². The van der Waals surface area contributed by atoms with Crippen molar-refractivity contribution in [3.63, 3.8) is 0 Å². The van der Waals surface area contributed by atoms with Crippen LogP contribution < -0.4 is 11.3 Å². The number of nitrogens with two attached hydrogens (primary N) is 1. The number of carbonyl (C=O) groups is 2. The molecular weight excluding hydrogens is 370 g/mol. The van der Waals surface area contributed by atoms with Crippen LogP contribution >= 0.6 is 11.3 Å². The van der Waals surface area contributed by atoms with Gasteiger partial charge in [0.15, 0.2) is 5.69 Å². The maximum Gasteiger partial charge on any atom is 0.359 e. The molecule has 0 bridgehead atoms. The van der Waals surface area contributed by atoms with E-state index in [1.165, 1.54) is 12.1 Å². The molecule has 0 aliphatic heterocycles. The van der Waals surface area contributed by atoms with Crippen molar-refractivity contribution in [2.24, 2.45) is 0 Å². The van der Waals surface area contributed by atoms with Gasteiger partial charge in [0.25, 0.3) is 5.56 Å². The third-order valence-electron chi connectivity index (χ3n) is 3.77. The molecule has 8 nitrogen and oxygen atoms in total. The number of carbonyl (C=O) groups excluding carboxylic acids is 2. The predicted octanol–water partition coefficient (Wildman–Crippen LogP) is 2.38. The van der Waals surface area contributed by atoms with E-state index in [-0.39, 0.29) is 24.3 Å². The summed E-state index contributed by atoms with van der Waals surface area (Å²) in [5, 5.41) is 6.66. The number of esters is 2. The van der Waals surface area contributed by atoms with Crippen molar-refractivity contribution in [3.8, 4) is 5.69 Å². The second kappa shape index (κ2) is 7.58. The van der Waals surface area contributed by atoms with Gasteiger partial charge in [-0.15, -0.1) is 11.3 Å². The summed E-state index contributed by atoms with van der Waals surface area (Å²) in [7, 11) is 0. The molecule has 0 aliphatic rings. The lowest BCUT2D eigenvalue weighted by atomic mass is 10.2. The molecule has 1 aromatic carbocycles. The third kappa shape index (κ3) is 3.41. The zero-order valence-corrected chi connectivity index (χ0v) is 15.5. The lowest BCUT2D eigenvalue weighted by Crippen LogP contribution is -2.25. The number of hydrogen-bond donors (Lipinski definition) is 1. The van der Waals surface area contributed by atoms with E-state index in [0.717, 1.165) is 16.0 Å². The van der Waals surface area contributed by atoms with Gasteiger partial charge >= 0.3 is 11.9 Å². The molecule has 0 saturated carbocycles. The fourth-order valence-electron chi connectivity index (χ4n) is 2.55. The van der Waals surface area contributed by atoms with Crippen molar-refractivity contribution in [2.45, 2.75) is 13.8 Å². The first-order chi connectivity index (χ1) is 13.0. The van der Waals surface area contributed by atoms with Gasteiger partial charge in [-0.1, -0.05) is 0 Å². The first-order valence-electron chi connectivity index (χ1n) is 8.22. The summed E-state index contributed by atoms with van der Waals surface area (Å²) in [5.74, 6) is -1.11. The van der Waals surface area contributed by atoms with Gasteiger partial charge in [0, 0.05) is 10.8 Å². The highest BCUT2D eigenvalue weighted by atomic mass is 32.1. The molecule has 140 valence electrons. The lowest BCUT2D eigenvalue weighted by Gasteiger charge is -2.09. The molecule has 0 fully saturated rings. The number of fused-ring (bicyclic) bond motifs is 1. The topological polar surface area (TPSA) is 114 Å². The first kappa shape index (κ1) is 18.6.